The molecule has 1 amide bonds. The van der Waals surface area contributed by atoms with Gasteiger partial charge in [-0.25, -0.2) is 4.79 Å². The van der Waals surface area contributed by atoms with Crippen molar-refractivity contribution in [2.24, 2.45) is 10.2 Å². The van der Waals surface area contributed by atoms with Crippen LogP contribution in [0, 0.1) is 0 Å². The molecule has 5 nitrogen and oxygen atoms in total. The molecule has 0 bridgehead atoms. The second kappa shape index (κ2) is 6.55. The van der Waals surface area contributed by atoms with E-state index in [4.69, 9.17) is 9.84 Å². The number of carboxylic acid groups (broad SMARTS) is 1. The third-order valence-corrected chi connectivity index (χ3v) is 1.85. The monoisotopic (exact) mass is 222 g/mol. The average molecular weight is 222 g/mol. The summed E-state index contributed by atoms with van der Waals surface area (Å²) in [6, 6.07) is 6.80. The highest BCUT2D eigenvalue weighted by Gasteiger charge is 1.95. The molecule has 16 heavy (non-hydrogen) atoms. The van der Waals surface area contributed by atoms with Gasteiger partial charge in [0.2, 0.25) is 0 Å². The predicted octanol–water partition coefficient (Wildman–Crippen LogP) is 3.63. The number of nitrogens with zero attached hydrogens (tertiary/aromatic N) is 2. The van der Waals surface area contributed by atoms with E-state index in [0.29, 0.717) is 12.3 Å². The molecule has 0 aliphatic heterocycles. The maximum atomic E-state index is 10.1. The normalized spacial score (nSPS) is 10.6. The first kappa shape index (κ1) is 12.2. The van der Waals surface area contributed by atoms with Crippen LogP contribution in [-0.2, 0) is 0 Å². The molecule has 0 heterocycles. The van der Waals surface area contributed by atoms with Crippen molar-refractivity contribution in [3.05, 3.63) is 24.3 Å². The van der Waals surface area contributed by atoms with Crippen LogP contribution >= 0.6 is 0 Å². The van der Waals surface area contributed by atoms with Crippen LogP contribution in [0.4, 0.5) is 10.5 Å². The predicted molar refractivity (Wildman–Crippen MR) is 59.4 cm³/mol. The third-order valence-electron chi connectivity index (χ3n) is 1.85. The van der Waals surface area contributed by atoms with Gasteiger partial charge in [-0.15, -0.1) is 5.11 Å². The Labute approximate surface area is 93.8 Å². The molecule has 0 saturated carbocycles. The molecule has 0 unspecified atom stereocenters. The van der Waals surface area contributed by atoms with E-state index in [-0.39, 0.29) is 0 Å². The summed E-state index contributed by atoms with van der Waals surface area (Å²) in [6.45, 7) is 2.78. The molecule has 0 radical (unpaired) electrons. The lowest BCUT2D eigenvalue weighted by Crippen LogP contribution is -1.95. The Balaban J connectivity index is 2.51. The van der Waals surface area contributed by atoms with Gasteiger partial charge in [0.1, 0.15) is 5.75 Å². The van der Waals surface area contributed by atoms with E-state index < -0.39 is 6.09 Å². The SMILES string of the molecule is CCCCOc1ccc(N=NC(=O)O)cc1. The highest BCUT2D eigenvalue weighted by atomic mass is 16.5. The molecule has 0 atom stereocenters. The van der Waals surface area contributed by atoms with Gasteiger partial charge < -0.3 is 9.84 Å². The van der Waals surface area contributed by atoms with Crippen molar-refractivity contribution in [2.45, 2.75) is 19.8 Å². The Kier molecular flexibility index (Phi) is 4.98. The fraction of sp³-hybridized carbons (Fsp3) is 0.364. The molecule has 1 rings (SSSR count). The molecule has 0 saturated heterocycles. The molecule has 1 N–H and O–H groups in total. The van der Waals surface area contributed by atoms with E-state index in [1.54, 1.807) is 24.3 Å². The Morgan fingerprint density at radius 3 is 2.62 bits per heavy atom. The van der Waals surface area contributed by atoms with Crippen LogP contribution in [0.5, 0.6) is 5.75 Å². The quantitative estimate of drug-likeness (QED) is 0.610. The topological polar surface area (TPSA) is 71.2 Å². The number of unbranched alkanes of at least 4 members (excludes halogenated alkanes) is 1. The van der Waals surface area contributed by atoms with Crippen molar-refractivity contribution in [2.75, 3.05) is 6.61 Å². The summed E-state index contributed by atoms with van der Waals surface area (Å²) in [5, 5.41) is 14.8. The van der Waals surface area contributed by atoms with Gasteiger partial charge in [-0.2, -0.15) is 0 Å². The molecule has 1 aromatic rings. The summed E-state index contributed by atoms with van der Waals surface area (Å²) in [5.74, 6) is 0.753. The van der Waals surface area contributed by atoms with E-state index in [0.717, 1.165) is 18.6 Å². The van der Waals surface area contributed by atoms with Crippen LogP contribution in [0.3, 0.4) is 0 Å². The van der Waals surface area contributed by atoms with E-state index in [1.807, 2.05) is 0 Å². The van der Waals surface area contributed by atoms with Gasteiger partial charge in [0.25, 0.3) is 0 Å². The zero-order valence-corrected chi connectivity index (χ0v) is 9.09. The lowest BCUT2D eigenvalue weighted by Gasteiger charge is -2.04. The number of benzene rings is 1. The van der Waals surface area contributed by atoms with Crippen LogP contribution in [0.15, 0.2) is 34.5 Å². The minimum Gasteiger partial charge on any atom is -0.494 e. The van der Waals surface area contributed by atoms with Gasteiger partial charge >= 0.3 is 6.09 Å². The van der Waals surface area contributed by atoms with Crippen molar-refractivity contribution < 1.29 is 14.6 Å². The Bertz CT molecular complexity index is 360. The van der Waals surface area contributed by atoms with Crippen molar-refractivity contribution in [3.63, 3.8) is 0 Å². The molecular formula is C11H14N2O3. The molecule has 1 aromatic carbocycles. The number of ether oxygens (including phenoxy) is 1. The highest BCUT2D eigenvalue weighted by molar-refractivity contribution is 5.65. The van der Waals surface area contributed by atoms with Gasteiger partial charge in [0, 0.05) is 0 Å². The Morgan fingerprint density at radius 2 is 2.06 bits per heavy atom. The van der Waals surface area contributed by atoms with E-state index in [1.165, 1.54) is 0 Å². The van der Waals surface area contributed by atoms with Crippen LogP contribution < -0.4 is 4.74 Å². The summed E-state index contributed by atoms with van der Waals surface area (Å²) in [7, 11) is 0. The fourth-order valence-corrected chi connectivity index (χ4v) is 1.04. The maximum Gasteiger partial charge on any atom is 0.449 e. The highest BCUT2D eigenvalue weighted by Crippen LogP contribution is 2.18. The maximum absolute atomic E-state index is 10.1. The second-order valence-corrected chi connectivity index (χ2v) is 3.18. The Hall–Kier alpha value is -1.91. The first-order valence-corrected chi connectivity index (χ1v) is 5.10. The largest absolute Gasteiger partial charge is 0.494 e. The molecule has 5 heteroatoms. The van der Waals surface area contributed by atoms with Gasteiger partial charge in [-0.3, -0.25) is 0 Å². The zero-order chi connectivity index (χ0) is 11.8. The van der Waals surface area contributed by atoms with E-state index in [9.17, 15) is 4.79 Å². The molecule has 0 aliphatic carbocycles. The second-order valence-electron chi connectivity index (χ2n) is 3.18. The minimum atomic E-state index is -1.30. The van der Waals surface area contributed by atoms with Gasteiger partial charge in [-0.1, -0.05) is 18.5 Å². The van der Waals surface area contributed by atoms with Gasteiger partial charge in [0.05, 0.1) is 12.3 Å². The van der Waals surface area contributed by atoms with Crippen molar-refractivity contribution in [1.29, 1.82) is 0 Å². The molecule has 0 aliphatic rings. The molecule has 0 fully saturated rings. The lowest BCUT2D eigenvalue weighted by molar-refractivity contribution is 0.204. The van der Waals surface area contributed by atoms with Gasteiger partial charge in [-0.05, 0) is 30.7 Å². The first-order valence-electron chi connectivity index (χ1n) is 5.10. The summed E-state index contributed by atoms with van der Waals surface area (Å²) in [4.78, 5) is 10.1. The van der Waals surface area contributed by atoms with E-state index >= 15 is 0 Å². The number of carbonyl (C=O) groups is 1. The van der Waals surface area contributed by atoms with Crippen LogP contribution in [0.1, 0.15) is 19.8 Å². The van der Waals surface area contributed by atoms with E-state index in [2.05, 4.69) is 17.2 Å². The first-order chi connectivity index (χ1) is 7.72. The molecule has 86 valence electrons. The average Bonchev–Trinajstić information content (AvgIpc) is 2.28. The van der Waals surface area contributed by atoms with Crippen LogP contribution in [0.2, 0.25) is 0 Å². The minimum absolute atomic E-state index is 0.491. The number of amides is 1. The smallest absolute Gasteiger partial charge is 0.449 e. The van der Waals surface area contributed by atoms with Crippen LogP contribution in [-0.4, -0.2) is 17.8 Å². The van der Waals surface area contributed by atoms with Crippen LogP contribution in [0.25, 0.3) is 0 Å². The molecule has 0 spiro atoms. The standard InChI is InChI=1S/C11H14N2O3/c1-2-3-8-16-10-6-4-9(5-7-10)12-13-11(14)15/h4-7H,2-3,8H2,1H3,(H,14,15). The van der Waals surface area contributed by atoms with Gasteiger partial charge in [0.15, 0.2) is 0 Å². The zero-order valence-electron chi connectivity index (χ0n) is 9.09. The molecular weight excluding hydrogens is 208 g/mol. The number of rotatable bonds is 5. The summed E-state index contributed by atoms with van der Waals surface area (Å²) in [6.07, 6.45) is 0.800. The number of hydrogen-bond acceptors (Lipinski definition) is 3. The third kappa shape index (κ3) is 4.54. The summed E-state index contributed by atoms with van der Waals surface area (Å²) >= 11 is 0. The summed E-state index contributed by atoms with van der Waals surface area (Å²) < 4.78 is 5.44. The number of hydrogen-bond donors (Lipinski definition) is 1. The lowest BCUT2D eigenvalue weighted by atomic mass is 10.3. The molecule has 0 aromatic heterocycles. The van der Waals surface area contributed by atoms with Crippen molar-refractivity contribution in [3.8, 4) is 5.75 Å². The summed E-state index contributed by atoms with van der Waals surface area (Å²) in [5.41, 5.74) is 0.491. The fourth-order valence-electron chi connectivity index (χ4n) is 1.04. The van der Waals surface area contributed by atoms with Crippen molar-refractivity contribution >= 4 is 11.8 Å². The van der Waals surface area contributed by atoms with Crippen molar-refractivity contribution in [1.82, 2.24) is 0 Å². The Morgan fingerprint density at radius 1 is 1.38 bits per heavy atom. The number of azo groups is 1.